The first-order valence-electron chi connectivity index (χ1n) is 16.8. The van der Waals surface area contributed by atoms with Crippen molar-refractivity contribution in [1.29, 1.82) is 0 Å². The van der Waals surface area contributed by atoms with Crippen LogP contribution >= 0.6 is 0 Å². The van der Waals surface area contributed by atoms with Gasteiger partial charge in [-0.05, 0) is 80.2 Å². The fourth-order valence-corrected chi connectivity index (χ4v) is 7.71. The van der Waals surface area contributed by atoms with E-state index in [2.05, 4.69) is 109 Å². The van der Waals surface area contributed by atoms with Crippen LogP contribution in [0.2, 0.25) is 0 Å². The Bertz CT molecular complexity index is 3080. The van der Waals surface area contributed by atoms with Gasteiger partial charge in [0.05, 0.1) is 0 Å². The molecule has 50 heavy (non-hydrogen) atoms. The molecule has 0 aliphatic heterocycles. The van der Waals surface area contributed by atoms with Crippen molar-refractivity contribution in [2.75, 3.05) is 0 Å². The van der Waals surface area contributed by atoms with Gasteiger partial charge in [0, 0.05) is 27.3 Å². The first kappa shape index (κ1) is 27.2. The second-order valence-electron chi connectivity index (χ2n) is 12.9. The van der Waals surface area contributed by atoms with Crippen molar-refractivity contribution in [3.8, 4) is 44.9 Å². The van der Waals surface area contributed by atoms with Crippen LogP contribution in [-0.2, 0) is 0 Å². The first-order chi connectivity index (χ1) is 24.8. The Morgan fingerprint density at radius 3 is 1.78 bits per heavy atom. The molecule has 0 fully saturated rings. The second-order valence-corrected chi connectivity index (χ2v) is 12.9. The lowest BCUT2D eigenvalue weighted by molar-refractivity contribution is 0.667. The van der Waals surface area contributed by atoms with Crippen molar-refractivity contribution < 1.29 is 8.83 Å². The Kier molecular flexibility index (Phi) is 5.63. The number of aromatic nitrogens is 2. The molecule has 0 saturated carbocycles. The summed E-state index contributed by atoms with van der Waals surface area (Å²) in [6, 6.07) is 54.9. The monoisotopic (exact) mass is 638 g/mol. The average molecular weight is 639 g/mol. The van der Waals surface area contributed by atoms with Crippen LogP contribution in [0.5, 0.6) is 0 Å². The van der Waals surface area contributed by atoms with Crippen molar-refractivity contribution in [2.45, 2.75) is 0 Å². The largest absolute Gasteiger partial charge is 0.456 e. The van der Waals surface area contributed by atoms with E-state index in [1.54, 1.807) is 0 Å². The first-order valence-corrected chi connectivity index (χ1v) is 16.8. The van der Waals surface area contributed by atoms with Crippen LogP contribution in [0.25, 0.3) is 110 Å². The van der Waals surface area contributed by atoms with E-state index >= 15 is 0 Å². The van der Waals surface area contributed by atoms with Gasteiger partial charge in [0.15, 0.2) is 11.4 Å². The fraction of sp³-hybridized carbons (Fsp3) is 0. The highest BCUT2D eigenvalue weighted by Crippen LogP contribution is 2.44. The predicted octanol–water partition coefficient (Wildman–Crippen LogP) is 12.7. The third-order valence-corrected chi connectivity index (χ3v) is 10.0. The normalized spacial score (nSPS) is 12.0. The van der Waals surface area contributed by atoms with Gasteiger partial charge in [-0.2, -0.15) is 0 Å². The summed E-state index contributed by atoms with van der Waals surface area (Å²) in [7, 11) is 0. The van der Waals surface area contributed by atoms with E-state index in [9.17, 15) is 0 Å². The molecule has 0 radical (unpaired) electrons. The van der Waals surface area contributed by atoms with Crippen molar-refractivity contribution in [3.05, 3.63) is 158 Å². The molecule has 0 saturated heterocycles. The zero-order valence-electron chi connectivity index (χ0n) is 26.7. The third-order valence-electron chi connectivity index (χ3n) is 10.0. The highest BCUT2D eigenvalue weighted by molar-refractivity contribution is 6.33. The van der Waals surface area contributed by atoms with Crippen LogP contribution in [0, 0.1) is 0 Å². The van der Waals surface area contributed by atoms with Gasteiger partial charge in [-0.25, -0.2) is 9.97 Å². The minimum atomic E-state index is 0.677. The van der Waals surface area contributed by atoms with Gasteiger partial charge in [-0.3, -0.25) is 0 Å². The van der Waals surface area contributed by atoms with E-state index in [0.29, 0.717) is 11.4 Å². The van der Waals surface area contributed by atoms with Crippen LogP contribution in [0.4, 0.5) is 0 Å². The average Bonchev–Trinajstić information content (AvgIpc) is 3.76. The van der Waals surface area contributed by atoms with Crippen LogP contribution in [0.15, 0.2) is 167 Å². The van der Waals surface area contributed by atoms with Crippen LogP contribution in [0.3, 0.4) is 0 Å². The van der Waals surface area contributed by atoms with Crippen LogP contribution in [-0.4, -0.2) is 9.97 Å². The van der Waals surface area contributed by atoms with Gasteiger partial charge in [0.2, 0.25) is 0 Å². The summed E-state index contributed by atoms with van der Waals surface area (Å²) >= 11 is 0. The lowest BCUT2D eigenvalue weighted by Gasteiger charge is -2.11. The van der Waals surface area contributed by atoms with E-state index in [4.69, 9.17) is 18.8 Å². The van der Waals surface area contributed by atoms with Crippen molar-refractivity contribution in [1.82, 2.24) is 9.97 Å². The maximum Gasteiger partial charge on any atom is 0.180 e. The molecule has 0 amide bonds. The number of hydrogen-bond donors (Lipinski definition) is 0. The molecule has 3 aromatic heterocycles. The van der Waals surface area contributed by atoms with Crippen molar-refractivity contribution >= 4 is 65.6 Å². The smallest absolute Gasteiger partial charge is 0.180 e. The molecule has 0 N–H and O–H groups in total. The van der Waals surface area contributed by atoms with E-state index in [-0.39, 0.29) is 0 Å². The van der Waals surface area contributed by atoms with Gasteiger partial charge in [-0.15, -0.1) is 0 Å². The number of hydrogen-bond acceptors (Lipinski definition) is 4. The Labute approximate surface area is 286 Å². The maximum absolute atomic E-state index is 6.61. The zero-order valence-corrected chi connectivity index (χ0v) is 26.7. The molecule has 8 aromatic carbocycles. The molecular weight excluding hydrogens is 613 g/mol. The molecule has 0 bridgehead atoms. The molecule has 0 unspecified atom stereocenters. The molecule has 4 nitrogen and oxygen atoms in total. The Balaban J connectivity index is 1.07. The molecule has 0 spiro atoms. The SMILES string of the molecule is c1ccc(-c2nc(-c3ccccc3)c3oc4cc(-c5cccc(-c6cc7oc8cccc9c%10ccccc%10c(c6)c7c89)c5)ccc4c3n2)cc1. The van der Waals surface area contributed by atoms with E-state index < -0.39 is 0 Å². The zero-order chi connectivity index (χ0) is 32.8. The minimum absolute atomic E-state index is 0.677. The number of rotatable bonds is 4. The second kappa shape index (κ2) is 10.4. The van der Waals surface area contributed by atoms with E-state index in [1.807, 2.05) is 48.5 Å². The molecule has 0 aliphatic carbocycles. The summed E-state index contributed by atoms with van der Waals surface area (Å²) < 4.78 is 13.1. The topological polar surface area (TPSA) is 52.1 Å². The van der Waals surface area contributed by atoms with Crippen LogP contribution < -0.4 is 0 Å². The minimum Gasteiger partial charge on any atom is -0.456 e. The fourth-order valence-electron chi connectivity index (χ4n) is 7.71. The predicted molar refractivity (Wildman–Crippen MR) is 205 cm³/mol. The lowest BCUT2D eigenvalue weighted by Crippen LogP contribution is -1.93. The Hall–Kier alpha value is -6.78. The lowest BCUT2D eigenvalue weighted by atomic mass is 9.91. The molecule has 11 rings (SSSR count). The van der Waals surface area contributed by atoms with Crippen LogP contribution in [0.1, 0.15) is 0 Å². The highest BCUT2D eigenvalue weighted by atomic mass is 16.3. The highest BCUT2D eigenvalue weighted by Gasteiger charge is 2.20. The quantitative estimate of drug-likeness (QED) is 0.180. The van der Waals surface area contributed by atoms with Gasteiger partial charge in [-0.1, -0.05) is 121 Å². The molecular formula is C46H26N2O2. The molecule has 232 valence electrons. The van der Waals surface area contributed by atoms with Crippen molar-refractivity contribution in [3.63, 3.8) is 0 Å². The number of benzene rings is 8. The summed E-state index contributed by atoms with van der Waals surface area (Å²) in [5.74, 6) is 0.677. The maximum atomic E-state index is 6.61. The standard InChI is InChI=1S/C46H26N2O2/c1-3-11-27(12-4-1)43-45-44(48-46(47-43)28-13-5-2-6-14-28)36-22-21-31(25-39(36)50-45)29-15-9-16-30(23-29)32-24-37-34-18-8-7-17-33(34)35-19-10-20-38-41(35)42(37)40(26-32)49-38/h1-26H. The Morgan fingerprint density at radius 1 is 0.340 bits per heavy atom. The van der Waals surface area contributed by atoms with Gasteiger partial charge in [0.25, 0.3) is 0 Å². The summed E-state index contributed by atoms with van der Waals surface area (Å²) in [5, 5.41) is 8.28. The summed E-state index contributed by atoms with van der Waals surface area (Å²) in [5.41, 5.74) is 11.3. The third kappa shape index (κ3) is 3.99. The van der Waals surface area contributed by atoms with E-state index in [0.717, 1.165) is 66.7 Å². The van der Waals surface area contributed by atoms with Crippen molar-refractivity contribution in [2.24, 2.45) is 0 Å². The van der Waals surface area contributed by atoms with Gasteiger partial charge in [0.1, 0.15) is 28.0 Å². The summed E-state index contributed by atoms with van der Waals surface area (Å²) in [6.45, 7) is 0. The molecule has 11 aromatic rings. The van der Waals surface area contributed by atoms with Gasteiger partial charge < -0.3 is 8.83 Å². The number of fused-ring (bicyclic) bond motifs is 6. The molecule has 0 aliphatic rings. The number of furan rings is 2. The molecule has 3 heterocycles. The number of nitrogens with zero attached hydrogens (tertiary/aromatic N) is 2. The summed E-state index contributed by atoms with van der Waals surface area (Å²) in [6.07, 6.45) is 0. The van der Waals surface area contributed by atoms with Gasteiger partial charge >= 0.3 is 0 Å². The van der Waals surface area contributed by atoms with E-state index in [1.165, 1.54) is 32.3 Å². The Morgan fingerprint density at radius 2 is 0.960 bits per heavy atom. The molecule has 0 atom stereocenters. The summed E-state index contributed by atoms with van der Waals surface area (Å²) in [4.78, 5) is 10.1. The molecule has 4 heteroatoms.